The van der Waals surface area contributed by atoms with Crippen LogP contribution in [0.15, 0.2) is 91.0 Å². The molecule has 0 unspecified atom stereocenters. The summed E-state index contributed by atoms with van der Waals surface area (Å²) in [6, 6.07) is 33.3. The zero-order valence-corrected chi connectivity index (χ0v) is 20.6. The summed E-state index contributed by atoms with van der Waals surface area (Å²) < 4.78 is 0. The number of benzene rings is 4. The molecule has 166 valence electrons. The number of anilines is 2. The lowest BCUT2D eigenvalue weighted by atomic mass is 9.82. The van der Waals surface area contributed by atoms with Crippen molar-refractivity contribution in [1.82, 2.24) is 0 Å². The molecular formula is C32H33N. The smallest absolute Gasteiger partial charge is 0.0495 e. The lowest BCUT2D eigenvalue weighted by molar-refractivity contribution is 0.559. The van der Waals surface area contributed by atoms with Gasteiger partial charge in [-0.2, -0.15) is 0 Å². The van der Waals surface area contributed by atoms with Crippen molar-refractivity contribution in [2.75, 3.05) is 4.90 Å². The number of nitrogens with zero attached hydrogens (tertiary/aromatic N) is 1. The Labute approximate surface area is 198 Å². The van der Waals surface area contributed by atoms with Crippen LogP contribution < -0.4 is 4.90 Å². The van der Waals surface area contributed by atoms with Crippen molar-refractivity contribution in [2.24, 2.45) is 0 Å². The first-order valence-corrected chi connectivity index (χ1v) is 11.9. The number of fused-ring (bicyclic) bond motifs is 3. The topological polar surface area (TPSA) is 3.24 Å². The van der Waals surface area contributed by atoms with E-state index in [-0.39, 0.29) is 11.0 Å². The Kier molecular flexibility index (Phi) is 4.97. The van der Waals surface area contributed by atoms with Gasteiger partial charge >= 0.3 is 0 Å². The third-order valence-electron chi connectivity index (χ3n) is 7.04. The highest BCUT2D eigenvalue weighted by molar-refractivity contribution is 5.88. The Morgan fingerprint density at radius 1 is 0.606 bits per heavy atom. The Hall–Kier alpha value is -3.32. The minimum Gasteiger partial charge on any atom is -0.335 e. The summed E-state index contributed by atoms with van der Waals surface area (Å²) in [5.74, 6) is 0. The normalized spacial score (nSPS) is 14.0. The first-order valence-electron chi connectivity index (χ1n) is 11.9. The summed E-state index contributed by atoms with van der Waals surface area (Å²) in [5.41, 5.74) is 11.8. The highest BCUT2D eigenvalue weighted by Crippen LogP contribution is 2.51. The molecule has 33 heavy (non-hydrogen) atoms. The van der Waals surface area contributed by atoms with Crippen molar-refractivity contribution < 1.29 is 0 Å². The predicted octanol–water partition coefficient (Wildman–Crippen LogP) is 8.90. The molecule has 0 radical (unpaired) electrons. The highest BCUT2D eigenvalue weighted by atomic mass is 15.2. The van der Waals surface area contributed by atoms with Crippen molar-refractivity contribution in [3.8, 4) is 22.3 Å². The molecule has 0 saturated carbocycles. The van der Waals surface area contributed by atoms with Gasteiger partial charge in [-0.05, 0) is 79.3 Å². The summed E-state index contributed by atoms with van der Waals surface area (Å²) in [4.78, 5) is 2.53. The van der Waals surface area contributed by atoms with Gasteiger partial charge in [-0.15, -0.1) is 0 Å². The molecule has 5 rings (SSSR count). The molecule has 0 aliphatic heterocycles. The second kappa shape index (κ2) is 7.63. The summed E-state index contributed by atoms with van der Waals surface area (Å²) in [6.07, 6.45) is 0. The molecule has 0 N–H and O–H groups in total. The van der Waals surface area contributed by atoms with E-state index in [0.717, 1.165) is 0 Å². The quantitative estimate of drug-likeness (QED) is 0.313. The summed E-state index contributed by atoms with van der Waals surface area (Å²) >= 11 is 0. The van der Waals surface area contributed by atoms with E-state index < -0.39 is 0 Å². The lowest BCUT2D eigenvalue weighted by Gasteiger charge is -2.40. The van der Waals surface area contributed by atoms with Gasteiger partial charge in [0.2, 0.25) is 0 Å². The third kappa shape index (κ3) is 3.47. The van der Waals surface area contributed by atoms with E-state index in [0.29, 0.717) is 0 Å². The van der Waals surface area contributed by atoms with E-state index in [9.17, 15) is 0 Å². The van der Waals surface area contributed by atoms with Crippen molar-refractivity contribution >= 4 is 11.4 Å². The Balaban J connectivity index is 1.75. The van der Waals surface area contributed by atoms with Gasteiger partial charge in [-0.3, -0.25) is 0 Å². The molecule has 0 aromatic heterocycles. The number of hydrogen-bond donors (Lipinski definition) is 0. The molecule has 1 nitrogen and oxygen atoms in total. The second-order valence-corrected chi connectivity index (χ2v) is 10.7. The van der Waals surface area contributed by atoms with Gasteiger partial charge in [0, 0.05) is 27.9 Å². The van der Waals surface area contributed by atoms with Crippen LogP contribution in [-0.4, -0.2) is 5.54 Å². The second-order valence-electron chi connectivity index (χ2n) is 10.7. The van der Waals surface area contributed by atoms with Crippen molar-refractivity contribution in [3.05, 3.63) is 108 Å². The maximum Gasteiger partial charge on any atom is 0.0495 e. The first-order chi connectivity index (χ1) is 15.7. The molecule has 0 fully saturated rings. The average molecular weight is 432 g/mol. The highest BCUT2D eigenvalue weighted by Gasteiger charge is 2.37. The zero-order chi connectivity index (χ0) is 23.4. The summed E-state index contributed by atoms with van der Waals surface area (Å²) in [5, 5.41) is 0. The molecule has 4 aromatic rings. The largest absolute Gasteiger partial charge is 0.335 e. The first kappa shape index (κ1) is 21.5. The van der Waals surface area contributed by atoms with Gasteiger partial charge in [-0.1, -0.05) is 86.6 Å². The fraction of sp³-hybridized carbons (Fsp3) is 0.250. The molecule has 1 aliphatic carbocycles. The number of hydrogen-bond acceptors (Lipinski definition) is 1. The van der Waals surface area contributed by atoms with Crippen LogP contribution in [0.5, 0.6) is 0 Å². The standard InChI is InChI=1S/C32H33N/c1-22-20-26-25-17-10-12-18-27(25)32(5,6)28(26)21-30(22)33(31(2,3)4)29-19-13-11-16-24(29)23-14-8-7-9-15-23/h7-21H,1-6H3. The van der Waals surface area contributed by atoms with Crippen LogP contribution in [0.2, 0.25) is 0 Å². The molecule has 1 aliphatic rings. The van der Waals surface area contributed by atoms with Crippen LogP contribution in [-0.2, 0) is 5.41 Å². The van der Waals surface area contributed by atoms with E-state index >= 15 is 0 Å². The van der Waals surface area contributed by atoms with E-state index in [1.54, 1.807) is 0 Å². The molecule has 0 atom stereocenters. The van der Waals surface area contributed by atoms with Crippen LogP contribution in [0.1, 0.15) is 51.3 Å². The Morgan fingerprint density at radius 2 is 1.21 bits per heavy atom. The van der Waals surface area contributed by atoms with Crippen LogP contribution in [0.4, 0.5) is 11.4 Å². The van der Waals surface area contributed by atoms with Crippen LogP contribution in [0.3, 0.4) is 0 Å². The monoisotopic (exact) mass is 431 g/mol. The van der Waals surface area contributed by atoms with Crippen molar-refractivity contribution in [2.45, 2.75) is 52.5 Å². The molecule has 0 spiro atoms. The van der Waals surface area contributed by atoms with Gasteiger partial charge in [0.1, 0.15) is 0 Å². The number of aryl methyl sites for hydroxylation is 1. The van der Waals surface area contributed by atoms with Crippen molar-refractivity contribution in [3.63, 3.8) is 0 Å². The molecule has 0 heterocycles. The maximum atomic E-state index is 2.53. The average Bonchev–Trinajstić information content (AvgIpc) is 3.01. The van der Waals surface area contributed by atoms with Crippen LogP contribution >= 0.6 is 0 Å². The molecule has 1 heteroatoms. The lowest BCUT2D eigenvalue weighted by Crippen LogP contribution is -2.38. The minimum atomic E-state index is -0.0977. The molecule has 4 aromatic carbocycles. The van der Waals surface area contributed by atoms with E-state index in [1.807, 2.05) is 0 Å². The van der Waals surface area contributed by atoms with E-state index in [4.69, 9.17) is 0 Å². The van der Waals surface area contributed by atoms with Crippen molar-refractivity contribution in [1.29, 1.82) is 0 Å². The van der Waals surface area contributed by atoms with Gasteiger partial charge in [-0.25, -0.2) is 0 Å². The molecule has 0 bridgehead atoms. The summed E-state index contributed by atoms with van der Waals surface area (Å²) in [6.45, 7) is 13.9. The van der Waals surface area contributed by atoms with Gasteiger partial charge in [0.15, 0.2) is 0 Å². The molecule has 0 saturated heterocycles. The fourth-order valence-corrected chi connectivity index (χ4v) is 5.47. The zero-order valence-electron chi connectivity index (χ0n) is 20.6. The van der Waals surface area contributed by atoms with E-state index in [1.165, 1.54) is 50.3 Å². The maximum absolute atomic E-state index is 2.53. The predicted molar refractivity (Wildman–Crippen MR) is 143 cm³/mol. The van der Waals surface area contributed by atoms with E-state index in [2.05, 4.69) is 137 Å². The molecule has 0 amide bonds. The number of rotatable bonds is 3. The van der Waals surface area contributed by atoms with Crippen LogP contribution in [0, 0.1) is 6.92 Å². The number of para-hydroxylation sites is 1. The van der Waals surface area contributed by atoms with Gasteiger partial charge in [0.05, 0.1) is 0 Å². The Bertz CT molecular complexity index is 1320. The van der Waals surface area contributed by atoms with Gasteiger partial charge in [0.25, 0.3) is 0 Å². The minimum absolute atomic E-state index is 0.0170. The van der Waals surface area contributed by atoms with Crippen LogP contribution in [0.25, 0.3) is 22.3 Å². The third-order valence-corrected chi connectivity index (χ3v) is 7.04. The fourth-order valence-electron chi connectivity index (χ4n) is 5.47. The SMILES string of the molecule is Cc1cc2c(cc1N(c1ccccc1-c1ccccc1)C(C)(C)C)C(C)(C)c1ccccc1-2. The Morgan fingerprint density at radius 3 is 1.91 bits per heavy atom. The van der Waals surface area contributed by atoms with Gasteiger partial charge < -0.3 is 4.90 Å². The summed E-state index contributed by atoms with van der Waals surface area (Å²) in [7, 11) is 0. The molecular weight excluding hydrogens is 398 g/mol.